The molecule has 3 heteroatoms. The molecule has 2 aromatic carbocycles. The first-order chi connectivity index (χ1) is 8.58. The predicted octanol–water partition coefficient (Wildman–Crippen LogP) is 4.79. The molecule has 94 valence electrons. The molecule has 0 spiro atoms. The highest BCUT2D eigenvalue weighted by Gasteiger charge is 2.09. The van der Waals surface area contributed by atoms with Crippen LogP contribution in [0.1, 0.15) is 25.3 Å². The van der Waals surface area contributed by atoms with E-state index in [0.29, 0.717) is 17.4 Å². The Hall–Kier alpha value is -1.23. The Kier molecular flexibility index (Phi) is 4.11. The highest BCUT2D eigenvalue weighted by molar-refractivity contribution is 14.1. The zero-order chi connectivity index (χ0) is 13.1. The van der Waals surface area contributed by atoms with E-state index >= 15 is 0 Å². The van der Waals surface area contributed by atoms with E-state index < -0.39 is 0 Å². The Morgan fingerprint density at radius 2 is 1.78 bits per heavy atom. The molecule has 0 heterocycles. The standard InChI is InChI=1S/C15H16INO/c1-10(2)12-5-3-4-6-14(12)18-15-8-7-11(16)9-13(15)17/h3-10H,17H2,1-2H3. The molecule has 18 heavy (non-hydrogen) atoms. The van der Waals surface area contributed by atoms with Gasteiger partial charge in [0.05, 0.1) is 5.69 Å². The number of hydrogen-bond donors (Lipinski definition) is 1. The third kappa shape index (κ3) is 2.96. The molecule has 0 fully saturated rings. The lowest BCUT2D eigenvalue weighted by Crippen LogP contribution is -1.96. The molecule has 0 saturated carbocycles. The van der Waals surface area contributed by atoms with E-state index in [1.807, 2.05) is 36.4 Å². The lowest BCUT2D eigenvalue weighted by Gasteiger charge is -2.14. The van der Waals surface area contributed by atoms with Crippen molar-refractivity contribution in [3.63, 3.8) is 0 Å². The first kappa shape index (κ1) is 13.2. The molecule has 0 atom stereocenters. The topological polar surface area (TPSA) is 35.2 Å². The third-order valence-corrected chi connectivity index (χ3v) is 3.40. The maximum Gasteiger partial charge on any atom is 0.150 e. The summed E-state index contributed by atoms with van der Waals surface area (Å²) in [5, 5.41) is 0. The molecule has 0 aliphatic carbocycles. The molecule has 0 aliphatic heterocycles. The summed E-state index contributed by atoms with van der Waals surface area (Å²) in [6.45, 7) is 4.30. The van der Waals surface area contributed by atoms with E-state index in [9.17, 15) is 0 Å². The molecule has 0 aromatic heterocycles. The van der Waals surface area contributed by atoms with Gasteiger partial charge >= 0.3 is 0 Å². The number of anilines is 1. The van der Waals surface area contributed by atoms with Crippen molar-refractivity contribution in [3.8, 4) is 11.5 Å². The van der Waals surface area contributed by atoms with E-state index in [2.05, 4.69) is 42.5 Å². The summed E-state index contributed by atoms with van der Waals surface area (Å²) in [6, 6.07) is 13.9. The molecule has 0 aliphatic rings. The highest BCUT2D eigenvalue weighted by atomic mass is 127. The van der Waals surface area contributed by atoms with Crippen LogP contribution in [-0.2, 0) is 0 Å². The Bertz CT molecular complexity index is 552. The third-order valence-electron chi connectivity index (χ3n) is 2.73. The Labute approximate surface area is 121 Å². The van der Waals surface area contributed by atoms with Crippen molar-refractivity contribution in [2.24, 2.45) is 0 Å². The minimum atomic E-state index is 0.422. The normalized spacial score (nSPS) is 10.7. The summed E-state index contributed by atoms with van der Waals surface area (Å²) in [5.74, 6) is 2.01. The summed E-state index contributed by atoms with van der Waals surface area (Å²) < 4.78 is 7.03. The van der Waals surface area contributed by atoms with Gasteiger partial charge in [0, 0.05) is 3.57 Å². The van der Waals surface area contributed by atoms with Gasteiger partial charge in [0.25, 0.3) is 0 Å². The van der Waals surface area contributed by atoms with Crippen molar-refractivity contribution in [3.05, 3.63) is 51.6 Å². The number of hydrogen-bond acceptors (Lipinski definition) is 2. The van der Waals surface area contributed by atoms with Crippen molar-refractivity contribution in [2.45, 2.75) is 19.8 Å². The fourth-order valence-corrected chi connectivity index (χ4v) is 2.30. The van der Waals surface area contributed by atoms with Gasteiger partial charge in [0.2, 0.25) is 0 Å². The van der Waals surface area contributed by atoms with E-state index in [-0.39, 0.29) is 0 Å². The number of para-hydroxylation sites is 1. The maximum absolute atomic E-state index is 5.97. The maximum atomic E-state index is 5.97. The average molecular weight is 353 g/mol. The molecule has 2 rings (SSSR count). The number of nitrogens with two attached hydrogens (primary N) is 1. The van der Waals surface area contributed by atoms with Gasteiger partial charge in [-0.05, 0) is 58.3 Å². The number of rotatable bonds is 3. The summed E-state index contributed by atoms with van der Waals surface area (Å²) in [4.78, 5) is 0. The van der Waals surface area contributed by atoms with Gasteiger partial charge in [-0.25, -0.2) is 0 Å². The molecule has 2 N–H and O–H groups in total. The molecule has 2 aromatic rings. The van der Waals surface area contributed by atoms with Crippen LogP contribution in [0.25, 0.3) is 0 Å². The minimum absolute atomic E-state index is 0.422. The number of ether oxygens (including phenoxy) is 1. The van der Waals surface area contributed by atoms with Crippen molar-refractivity contribution in [1.82, 2.24) is 0 Å². The van der Waals surface area contributed by atoms with Crippen molar-refractivity contribution in [2.75, 3.05) is 5.73 Å². The van der Waals surface area contributed by atoms with Gasteiger partial charge < -0.3 is 10.5 Å². The fraction of sp³-hybridized carbons (Fsp3) is 0.200. The SMILES string of the molecule is CC(C)c1ccccc1Oc1ccc(I)cc1N. The molecule has 0 bridgehead atoms. The first-order valence-electron chi connectivity index (χ1n) is 5.89. The van der Waals surface area contributed by atoms with Crippen molar-refractivity contribution < 1.29 is 4.74 Å². The summed E-state index contributed by atoms with van der Waals surface area (Å²) in [7, 11) is 0. The number of benzene rings is 2. The molecule has 0 amide bonds. The average Bonchev–Trinajstić information content (AvgIpc) is 2.33. The van der Waals surface area contributed by atoms with E-state index in [4.69, 9.17) is 10.5 Å². The van der Waals surface area contributed by atoms with Gasteiger partial charge in [-0.1, -0.05) is 32.0 Å². The first-order valence-corrected chi connectivity index (χ1v) is 6.97. The molecule has 0 radical (unpaired) electrons. The van der Waals surface area contributed by atoms with Crippen molar-refractivity contribution >= 4 is 28.3 Å². The zero-order valence-electron chi connectivity index (χ0n) is 10.5. The molecule has 0 saturated heterocycles. The largest absolute Gasteiger partial charge is 0.455 e. The van der Waals surface area contributed by atoms with Crippen molar-refractivity contribution in [1.29, 1.82) is 0 Å². The second-order valence-corrected chi connectivity index (χ2v) is 5.72. The van der Waals surface area contributed by atoms with Crippen LogP contribution < -0.4 is 10.5 Å². The molecule has 0 unspecified atom stereocenters. The minimum Gasteiger partial charge on any atom is -0.455 e. The van der Waals surface area contributed by atoms with Crippen LogP contribution in [0.3, 0.4) is 0 Å². The number of halogens is 1. The van der Waals surface area contributed by atoms with Crippen LogP contribution in [0.4, 0.5) is 5.69 Å². The van der Waals surface area contributed by atoms with Crippen LogP contribution in [-0.4, -0.2) is 0 Å². The fourth-order valence-electron chi connectivity index (χ4n) is 1.78. The second-order valence-electron chi connectivity index (χ2n) is 4.48. The molecular weight excluding hydrogens is 337 g/mol. The molecular formula is C15H16INO. The van der Waals surface area contributed by atoms with E-state index in [1.165, 1.54) is 5.56 Å². The molecule has 2 nitrogen and oxygen atoms in total. The van der Waals surface area contributed by atoms with Crippen LogP contribution in [0.2, 0.25) is 0 Å². The summed E-state index contributed by atoms with van der Waals surface area (Å²) >= 11 is 2.23. The van der Waals surface area contributed by atoms with Gasteiger partial charge in [-0.3, -0.25) is 0 Å². The van der Waals surface area contributed by atoms with Gasteiger partial charge in [-0.2, -0.15) is 0 Å². The quantitative estimate of drug-likeness (QED) is 0.636. The summed E-state index contributed by atoms with van der Waals surface area (Å²) in [5.41, 5.74) is 7.82. The lowest BCUT2D eigenvalue weighted by atomic mass is 10.0. The lowest BCUT2D eigenvalue weighted by molar-refractivity contribution is 0.475. The van der Waals surface area contributed by atoms with Gasteiger partial charge in [-0.15, -0.1) is 0 Å². The van der Waals surface area contributed by atoms with Crippen LogP contribution in [0.5, 0.6) is 11.5 Å². The van der Waals surface area contributed by atoms with Gasteiger partial charge in [0.1, 0.15) is 11.5 Å². The Morgan fingerprint density at radius 3 is 2.44 bits per heavy atom. The Morgan fingerprint density at radius 1 is 1.06 bits per heavy atom. The van der Waals surface area contributed by atoms with Crippen LogP contribution >= 0.6 is 22.6 Å². The predicted molar refractivity (Wildman–Crippen MR) is 84.2 cm³/mol. The van der Waals surface area contributed by atoms with Gasteiger partial charge in [0.15, 0.2) is 0 Å². The highest BCUT2D eigenvalue weighted by Crippen LogP contribution is 2.33. The summed E-state index contributed by atoms with van der Waals surface area (Å²) in [6.07, 6.45) is 0. The van der Waals surface area contributed by atoms with E-state index in [1.54, 1.807) is 0 Å². The zero-order valence-corrected chi connectivity index (χ0v) is 12.6. The monoisotopic (exact) mass is 353 g/mol. The number of nitrogen functional groups attached to an aromatic ring is 1. The van der Waals surface area contributed by atoms with Crippen LogP contribution in [0.15, 0.2) is 42.5 Å². The van der Waals surface area contributed by atoms with Crippen LogP contribution in [0, 0.1) is 3.57 Å². The van der Waals surface area contributed by atoms with E-state index in [0.717, 1.165) is 9.32 Å². The Balaban J connectivity index is 2.34. The smallest absolute Gasteiger partial charge is 0.150 e. The second kappa shape index (κ2) is 5.61.